The Kier molecular flexibility index (Phi) is 6.51. The summed E-state index contributed by atoms with van der Waals surface area (Å²) in [5.74, 6) is 0. The van der Waals surface area contributed by atoms with Gasteiger partial charge in [-0.1, -0.05) is 29.8 Å². The van der Waals surface area contributed by atoms with Gasteiger partial charge < -0.3 is 10.1 Å². The van der Waals surface area contributed by atoms with Gasteiger partial charge in [0.1, 0.15) is 6.29 Å². The van der Waals surface area contributed by atoms with E-state index in [2.05, 4.69) is 5.32 Å². The number of rotatable bonds is 2. The van der Waals surface area contributed by atoms with Gasteiger partial charge in [0.2, 0.25) is 0 Å². The molecule has 1 heterocycles. The number of aryl methyl sites for hydroxylation is 1. The van der Waals surface area contributed by atoms with Crippen molar-refractivity contribution in [3.8, 4) is 0 Å². The Hall–Kier alpha value is -1.19. The molecule has 1 fully saturated rings. The fourth-order valence-corrected chi connectivity index (χ4v) is 1.63. The Balaban J connectivity index is 0.000000171. The number of benzene rings is 1. The molecule has 3 heteroatoms. The monoisotopic (exact) mass is 235 g/mol. The van der Waals surface area contributed by atoms with E-state index in [0.29, 0.717) is 6.04 Å². The molecule has 1 aliphatic rings. The van der Waals surface area contributed by atoms with Gasteiger partial charge in [-0.2, -0.15) is 0 Å². The molecule has 1 aliphatic heterocycles. The second-order valence-electron chi connectivity index (χ2n) is 4.20. The summed E-state index contributed by atoms with van der Waals surface area (Å²) >= 11 is 0. The summed E-state index contributed by atoms with van der Waals surface area (Å²) in [5, 5.41) is 3.22. The molecule has 2 rings (SSSR count). The summed E-state index contributed by atoms with van der Waals surface area (Å²) in [4.78, 5) is 10.1. The predicted octanol–water partition coefficient (Wildman–Crippen LogP) is 2.19. The Morgan fingerprint density at radius 2 is 1.82 bits per heavy atom. The lowest BCUT2D eigenvalue weighted by atomic mass is 10.1. The standard InChI is InChI=1S/C8H8O.C6H13NO/c1-7-2-4-8(6-9)5-3-7;1-7-6-2-4-8-5-3-6/h2-6H,1H3;6-7H,2-5H2,1H3. The normalized spacial score (nSPS) is 15.9. The van der Waals surface area contributed by atoms with Gasteiger partial charge in [-0.25, -0.2) is 0 Å². The van der Waals surface area contributed by atoms with Crippen LogP contribution < -0.4 is 5.32 Å². The minimum absolute atomic E-state index is 0.712. The fraction of sp³-hybridized carbons (Fsp3) is 0.500. The van der Waals surface area contributed by atoms with Crippen LogP contribution in [0.2, 0.25) is 0 Å². The van der Waals surface area contributed by atoms with Crippen molar-refractivity contribution in [1.82, 2.24) is 5.32 Å². The molecule has 17 heavy (non-hydrogen) atoms. The quantitative estimate of drug-likeness (QED) is 0.799. The third-order valence-electron chi connectivity index (χ3n) is 2.84. The molecular formula is C14H21NO2. The second kappa shape index (κ2) is 7.98. The summed E-state index contributed by atoms with van der Waals surface area (Å²) in [7, 11) is 2.01. The van der Waals surface area contributed by atoms with E-state index in [1.54, 1.807) is 0 Å². The number of ether oxygens (including phenoxy) is 1. The van der Waals surface area contributed by atoms with Crippen molar-refractivity contribution < 1.29 is 9.53 Å². The van der Waals surface area contributed by atoms with Crippen molar-refractivity contribution in [3.05, 3.63) is 35.4 Å². The van der Waals surface area contributed by atoms with E-state index in [4.69, 9.17) is 4.74 Å². The van der Waals surface area contributed by atoms with Gasteiger partial charge in [0.15, 0.2) is 0 Å². The Bertz CT molecular complexity index is 315. The Labute approximate surface area is 103 Å². The van der Waals surface area contributed by atoms with E-state index in [1.165, 1.54) is 18.4 Å². The minimum Gasteiger partial charge on any atom is -0.381 e. The van der Waals surface area contributed by atoms with Gasteiger partial charge in [-0.15, -0.1) is 0 Å². The van der Waals surface area contributed by atoms with E-state index >= 15 is 0 Å². The predicted molar refractivity (Wildman–Crippen MR) is 69.5 cm³/mol. The second-order valence-corrected chi connectivity index (χ2v) is 4.20. The maximum atomic E-state index is 10.1. The van der Waals surface area contributed by atoms with E-state index < -0.39 is 0 Å². The maximum absolute atomic E-state index is 10.1. The lowest BCUT2D eigenvalue weighted by molar-refractivity contribution is 0.0799. The van der Waals surface area contributed by atoms with Crippen LogP contribution in [0.4, 0.5) is 0 Å². The zero-order valence-electron chi connectivity index (χ0n) is 10.6. The van der Waals surface area contributed by atoms with Crippen molar-refractivity contribution in [1.29, 1.82) is 0 Å². The number of nitrogens with one attached hydrogen (secondary N) is 1. The van der Waals surface area contributed by atoms with Crippen molar-refractivity contribution in [2.24, 2.45) is 0 Å². The van der Waals surface area contributed by atoms with Crippen LogP contribution in [0.25, 0.3) is 0 Å². The van der Waals surface area contributed by atoms with Crippen molar-refractivity contribution in [3.63, 3.8) is 0 Å². The molecule has 0 bridgehead atoms. The lowest BCUT2D eigenvalue weighted by Crippen LogP contribution is -2.31. The molecule has 0 spiro atoms. The number of hydrogen-bond donors (Lipinski definition) is 1. The molecule has 94 valence electrons. The van der Waals surface area contributed by atoms with Crippen LogP contribution in [0, 0.1) is 6.92 Å². The van der Waals surface area contributed by atoms with Gasteiger partial charge >= 0.3 is 0 Å². The lowest BCUT2D eigenvalue weighted by Gasteiger charge is -2.20. The van der Waals surface area contributed by atoms with Crippen LogP contribution in [0.5, 0.6) is 0 Å². The summed E-state index contributed by atoms with van der Waals surface area (Å²) in [6.45, 7) is 3.87. The molecule has 1 saturated heterocycles. The van der Waals surface area contributed by atoms with Crippen LogP contribution in [-0.2, 0) is 4.74 Å². The molecule has 0 aliphatic carbocycles. The SMILES string of the molecule is CNC1CCOCC1.Cc1ccc(C=O)cc1. The maximum Gasteiger partial charge on any atom is 0.150 e. The molecule has 1 N–H and O–H groups in total. The van der Waals surface area contributed by atoms with Crippen molar-refractivity contribution in [2.75, 3.05) is 20.3 Å². The van der Waals surface area contributed by atoms with Crippen LogP contribution in [-0.4, -0.2) is 32.6 Å². The average Bonchev–Trinajstić information content (AvgIpc) is 2.41. The summed E-state index contributed by atoms with van der Waals surface area (Å²) in [6.07, 6.45) is 3.20. The first-order valence-electron chi connectivity index (χ1n) is 6.03. The van der Waals surface area contributed by atoms with Crippen LogP contribution in [0.3, 0.4) is 0 Å². The summed E-state index contributed by atoms with van der Waals surface area (Å²) in [6, 6.07) is 8.17. The van der Waals surface area contributed by atoms with E-state index in [1.807, 2.05) is 38.2 Å². The van der Waals surface area contributed by atoms with Gasteiger partial charge in [-0.3, -0.25) is 4.79 Å². The highest BCUT2D eigenvalue weighted by atomic mass is 16.5. The van der Waals surface area contributed by atoms with Crippen LogP contribution >= 0.6 is 0 Å². The molecule has 3 nitrogen and oxygen atoms in total. The third kappa shape index (κ3) is 5.61. The number of carbonyl (C=O) groups excluding carboxylic acids is 1. The van der Waals surface area contributed by atoms with Gasteiger partial charge in [0.05, 0.1) is 0 Å². The first kappa shape index (κ1) is 13.9. The molecular weight excluding hydrogens is 214 g/mol. The number of hydrogen-bond acceptors (Lipinski definition) is 3. The largest absolute Gasteiger partial charge is 0.381 e. The molecule has 0 amide bonds. The van der Waals surface area contributed by atoms with Crippen LogP contribution in [0.15, 0.2) is 24.3 Å². The fourth-order valence-electron chi connectivity index (χ4n) is 1.63. The molecule has 1 aromatic rings. The zero-order chi connectivity index (χ0) is 12.5. The highest BCUT2D eigenvalue weighted by Crippen LogP contribution is 2.04. The minimum atomic E-state index is 0.712. The van der Waals surface area contributed by atoms with Gasteiger partial charge in [0.25, 0.3) is 0 Å². The van der Waals surface area contributed by atoms with Gasteiger partial charge in [-0.05, 0) is 26.8 Å². The summed E-state index contributed by atoms with van der Waals surface area (Å²) in [5.41, 5.74) is 1.92. The molecule has 0 aromatic heterocycles. The van der Waals surface area contributed by atoms with E-state index in [0.717, 1.165) is 25.1 Å². The van der Waals surface area contributed by atoms with E-state index in [-0.39, 0.29) is 0 Å². The zero-order valence-corrected chi connectivity index (χ0v) is 10.6. The smallest absolute Gasteiger partial charge is 0.150 e. The number of aldehydes is 1. The van der Waals surface area contributed by atoms with E-state index in [9.17, 15) is 4.79 Å². The highest BCUT2D eigenvalue weighted by Gasteiger charge is 2.09. The molecule has 0 unspecified atom stereocenters. The highest BCUT2D eigenvalue weighted by molar-refractivity contribution is 5.74. The molecule has 0 atom stereocenters. The van der Waals surface area contributed by atoms with Crippen molar-refractivity contribution >= 4 is 6.29 Å². The van der Waals surface area contributed by atoms with Crippen molar-refractivity contribution in [2.45, 2.75) is 25.8 Å². The third-order valence-corrected chi connectivity index (χ3v) is 2.84. The summed E-state index contributed by atoms with van der Waals surface area (Å²) < 4.78 is 5.16. The van der Waals surface area contributed by atoms with Gasteiger partial charge in [0, 0.05) is 24.8 Å². The number of carbonyl (C=O) groups is 1. The van der Waals surface area contributed by atoms with Crippen LogP contribution in [0.1, 0.15) is 28.8 Å². The first-order valence-corrected chi connectivity index (χ1v) is 6.03. The average molecular weight is 235 g/mol. The molecule has 0 radical (unpaired) electrons. The topological polar surface area (TPSA) is 38.3 Å². The molecule has 0 saturated carbocycles. The molecule has 1 aromatic carbocycles. The Morgan fingerprint density at radius 1 is 1.24 bits per heavy atom. The Morgan fingerprint density at radius 3 is 2.24 bits per heavy atom. The first-order chi connectivity index (χ1) is 8.26.